The smallest absolute Gasteiger partial charge is 0.236 e. The third-order valence-corrected chi connectivity index (χ3v) is 3.45. The minimum atomic E-state index is -0.0120. The SMILES string of the molecule is CN(Cc1cccs1)C(=O)CN(CCO)CCO. The van der Waals surface area contributed by atoms with Crippen LogP contribution in [-0.4, -0.2) is 65.8 Å². The lowest BCUT2D eigenvalue weighted by atomic mass is 10.4. The van der Waals surface area contributed by atoms with Gasteiger partial charge in [-0.05, 0) is 11.4 Å². The van der Waals surface area contributed by atoms with Crippen molar-refractivity contribution in [1.82, 2.24) is 9.80 Å². The topological polar surface area (TPSA) is 64.0 Å². The molecule has 6 heteroatoms. The quantitative estimate of drug-likeness (QED) is 0.699. The largest absolute Gasteiger partial charge is 0.395 e. The van der Waals surface area contributed by atoms with E-state index in [0.717, 1.165) is 4.88 Å². The lowest BCUT2D eigenvalue weighted by Crippen LogP contribution is -2.40. The first-order chi connectivity index (χ1) is 8.67. The summed E-state index contributed by atoms with van der Waals surface area (Å²) in [5.74, 6) is -0.00898. The molecule has 1 heterocycles. The van der Waals surface area contributed by atoms with Crippen LogP contribution >= 0.6 is 11.3 Å². The summed E-state index contributed by atoms with van der Waals surface area (Å²) < 4.78 is 0. The molecule has 0 saturated carbocycles. The molecular formula is C12H20N2O3S. The fraction of sp³-hybridized carbons (Fsp3) is 0.583. The Kier molecular flexibility index (Phi) is 6.89. The van der Waals surface area contributed by atoms with Crippen LogP contribution in [0, 0.1) is 0 Å². The zero-order valence-electron chi connectivity index (χ0n) is 10.6. The number of aliphatic hydroxyl groups excluding tert-OH is 2. The third kappa shape index (κ3) is 5.14. The van der Waals surface area contributed by atoms with E-state index in [4.69, 9.17) is 10.2 Å². The predicted molar refractivity (Wildman–Crippen MR) is 71.4 cm³/mol. The fourth-order valence-electron chi connectivity index (χ4n) is 1.59. The first kappa shape index (κ1) is 15.1. The molecule has 0 aliphatic carbocycles. The molecule has 0 spiro atoms. The summed E-state index contributed by atoms with van der Waals surface area (Å²) in [4.78, 5) is 16.5. The molecule has 0 aliphatic heterocycles. The summed E-state index contributed by atoms with van der Waals surface area (Å²) in [5.41, 5.74) is 0. The number of amides is 1. The molecular weight excluding hydrogens is 252 g/mol. The van der Waals surface area contributed by atoms with Gasteiger partial charge in [-0.15, -0.1) is 11.3 Å². The van der Waals surface area contributed by atoms with Gasteiger partial charge in [0.25, 0.3) is 0 Å². The number of likely N-dealkylation sites (N-methyl/N-ethyl adjacent to an activating group) is 1. The highest BCUT2D eigenvalue weighted by molar-refractivity contribution is 7.09. The number of thiophene rings is 1. The van der Waals surface area contributed by atoms with Crippen molar-refractivity contribution in [2.24, 2.45) is 0 Å². The van der Waals surface area contributed by atoms with Gasteiger partial charge < -0.3 is 15.1 Å². The lowest BCUT2D eigenvalue weighted by Gasteiger charge is -2.23. The number of hydrogen-bond donors (Lipinski definition) is 2. The van der Waals surface area contributed by atoms with Crippen LogP contribution in [0.1, 0.15) is 4.88 Å². The number of hydrogen-bond acceptors (Lipinski definition) is 5. The summed E-state index contributed by atoms with van der Waals surface area (Å²) in [6, 6.07) is 3.95. The fourth-order valence-corrected chi connectivity index (χ4v) is 2.35. The molecule has 0 fully saturated rings. The second-order valence-corrected chi connectivity index (χ2v) is 5.08. The van der Waals surface area contributed by atoms with E-state index in [-0.39, 0.29) is 25.7 Å². The minimum absolute atomic E-state index is 0.00898. The van der Waals surface area contributed by atoms with Crippen LogP contribution in [0.3, 0.4) is 0 Å². The third-order valence-electron chi connectivity index (χ3n) is 2.59. The molecule has 0 unspecified atom stereocenters. The van der Waals surface area contributed by atoms with Crippen molar-refractivity contribution < 1.29 is 15.0 Å². The standard InChI is InChI=1S/C12H20N2O3S/c1-13(9-11-3-2-8-18-11)12(17)10-14(4-6-15)5-7-16/h2-3,8,15-16H,4-7,9-10H2,1H3. The van der Waals surface area contributed by atoms with E-state index in [9.17, 15) is 4.79 Å². The van der Waals surface area contributed by atoms with E-state index in [0.29, 0.717) is 19.6 Å². The Hall–Kier alpha value is -0.950. The molecule has 0 saturated heterocycles. The Balaban J connectivity index is 2.42. The van der Waals surface area contributed by atoms with E-state index in [2.05, 4.69) is 0 Å². The molecule has 0 bridgehead atoms. The molecule has 2 N–H and O–H groups in total. The van der Waals surface area contributed by atoms with E-state index >= 15 is 0 Å². The van der Waals surface area contributed by atoms with Crippen molar-refractivity contribution in [2.75, 3.05) is 39.9 Å². The number of nitrogens with zero attached hydrogens (tertiary/aromatic N) is 2. The maximum Gasteiger partial charge on any atom is 0.236 e. The molecule has 0 atom stereocenters. The molecule has 0 aromatic carbocycles. The zero-order valence-corrected chi connectivity index (χ0v) is 11.4. The van der Waals surface area contributed by atoms with Gasteiger partial charge in [-0.3, -0.25) is 9.69 Å². The van der Waals surface area contributed by atoms with Gasteiger partial charge in [-0.25, -0.2) is 0 Å². The minimum Gasteiger partial charge on any atom is -0.395 e. The van der Waals surface area contributed by atoms with Crippen molar-refractivity contribution >= 4 is 17.2 Å². The monoisotopic (exact) mass is 272 g/mol. The Morgan fingerprint density at radius 2 is 2.00 bits per heavy atom. The van der Waals surface area contributed by atoms with Crippen LogP contribution in [0.25, 0.3) is 0 Å². The van der Waals surface area contributed by atoms with Crippen LogP contribution in [0.15, 0.2) is 17.5 Å². The molecule has 1 amide bonds. The van der Waals surface area contributed by atoms with Crippen LogP contribution in [0.4, 0.5) is 0 Å². The van der Waals surface area contributed by atoms with Gasteiger partial charge >= 0.3 is 0 Å². The highest BCUT2D eigenvalue weighted by Crippen LogP contribution is 2.10. The maximum atomic E-state index is 12.0. The Bertz CT molecular complexity index is 337. The highest BCUT2D eigenvalue weighted by atomic mass is 32.1. The highest BCUT2D eigenvalue weighted by Gasteiger charge is 2.14. The van der Waals surface area contributed by atoms with Crippen molar-refractivity contribution in [3.05, 3.63) is 22.4 Å². The number of rotatable bonds is 8. The van der Waals surface area contributed by atoms with Crippen molar-refractivity contribution in [1.29, 1.82) is 0 Å². The summed E-state index contributed by atoms with van der Waals surface area (Å²) in [6.45, 7) is 1.60. The summed E-state index contributed by atoms with van der Waals surface area (Å²) in [6.07, 6.45) is 0. The first-order valence-electron chi connectivity index (χ1n) is 5.87. The molecule has 0 radical (unpaired) electrons. The molecule has 5 nitrogen and oxygen atoms in total. The summed E-state index contributed by atoms with van der Waals surface area (Å²) in [5, 5.41) is 19.7. The second kappa shape index (κ2) is 8.20. The van der Waals surface area contributed by atoms with E-state index in [1.54, 1.807) is 28.2 Å². The number of carbonyl (C=O) groups excluding carboxylic acids is 1. The average molecular weight is 272 g/mol. The average Bonchev–Trinajstić information content (AvgIpc) is 2.82. The first-order valence-corrected chi connectivity index (χ1v) is 6.75. The second-order valence-electron chi connectivity index (χ2n) is 4.05. The van der Waals surface area contributed by atoms with Gasteiger partial charge in [0.2, 0.25) is 5.91 Å². The van der Waals surface area contributed by atoms with Gasteiger partial charge in [0, 0.05) is 25.0 Å². The summed E-state index contributed by atoms with van der Waals surface area (Å²) >= 11 is 1.62. The maximum absolute atomic E-state index is 12.0. The molecule has 0 aliphatic rings. The molecule has 102 valence electrons. The van der Waals surface area contributed by atoms with Crippen LogP contribution in [-0.2, 0) is 11.3 Å². The predicted octanol–water partition coefficient (Wildman–Crippen LogP) is -0.00690. The molecule has 18 heavy (non-hydrogen) atoms. The van der Waals surface area contributed by atoms with Crippen LogP contribution < -0.4 is 0 Å². The van der Waals surface area contributed by atoms with E-state index < -0.39 is 0 Å². The van der Waals surface area contributed by atoms with Gasteiger partial charge in [0.05, 0.1) is 26.3 Å². The Morgan fingerprint density at radius 1 is 1.33 bits per heavy atom. The molecule has 1 aromatic heterocycles. The van der Waals surface area contributed by atoms with Crippen molar-refractivity contribution in [3.8, 4) is 0 Å². The summed E-state index contributed by atoms with van der Waals surface area (Å²) in [7, 11) is 1.76. The molecule has 1 rings (SSSR count). The van der Waals surface area contributed by atoms with E-state index in [1.807, 2.05) is 17.5 Å². The number of carbonyl (C=O) groups is 1. The van der Waals surface area contributed by atoms with Crippen LogP contribution in [0.5, 0.6) is 0 Å². The normalized spacial score (nSPS) is 10.9. The Morgan fingerprint density at radius 3 is 2.50 bits per heavy atom. The van der Waals surface area contributed by atoms with Gasteiger partial charge in [0.1, 0.15) is 0 Å². The molecule has 1 aromatic rings. The van der Waals surface area contributed by atoms with Gasteiger partial charge in [0.15, 0.2) is 0 Å². The Labute approximate surface area is 111 Å². The van der Waals surface area contributed by atoms with Crippen molar-refractivity contribution in [3.63, 3.8) is 0 Å². The lowest BCUT2D eigenvalue weighted by molar-refractivity contribution is -0.131. The van der Waals surface area contributed by atoms with Crippen LogP contribution in [0.2, 0.25) is 0 Å². The van der Waals surface area contributed by atoms with Crippen molar-refractivity contribution in [2.45, 2.75) is 6.54 Å². The van der Waals surface area contributed by atoms with Gasteiger partial charge in [-0.2, -0.15) is 0 Å². The number of aliphatic hydroxyl groups is 2. The van der Waals surface area contributed by atoms with Gasteiger partial charge in [-0.1, -0.05) is 6.07 Å². The van der Waals surface area contributed by atoms with E-state index in [1.165, 1.54) is 0 Å². The zero-order chi connectivity index (χ0) is 13.4.